The van der Waals surface area contributed by atoms with Crippen LogP contribution in [0.25, 0.3) is 5.69 Å². The van der Waals surface area contributed by atoms with Gasteiger partial charge in [-0.15, -0.1) is 0 Å². The first-order valence-electron chi connectivity index (χ1n) is 5.29. The molecule has 1 aromatic heterocycles. The van der Waals surface area contributed by atoms with E-state index in [0.29, 0.717) is 5.69 Å². The van der Waals surface area contributed by atoms with E-state index >= 15 is 0 Å². The molecule has 4 N–H and O–H groups in total. The monoisotopic (exact) mass is 258 g/mol. The molecule has 0 aliphatic carbocycles. The fraction of sp³-hybridized carbons (Fsp3) is 0. The van der Waals surface area contributed by atoms with Crippen LogP contribution in [0.15, 0.2) is 41.2 Å². The van der Waals surface area contributed by atoms with Gasteiger partial charge in [-0.1, -0.05) is 6.07 Å². The van der Waals surface area contributed by atoms with Gasteiger partial charge >= 0.3 is 0 Å². The maximum atomic E-state index is 11.7. The second-order valence-corrected chi connectivity index (χ2v) is 3.75. The zero-order valence-electron chi connectivity index (χ0n) is 9.74. The lowest BCUT2D eigenvalue weighted by Crippen LogP contribution is -2.25. The van der Waals surface area contributed by atoms with Gasteiger partial charge in [-0.3, -0.25) is 14.4 Å². The van der Waals surface area contributed by atoms with Crippen molar-refractivity contribution in [1.82, 2.24) is 9.78 Å². The number of amides is 2. The van der Waals surface area contributed by atoms with Crippen molar-refractivity contribution in [2.75, 3.05) is 0 Å². The number of aromatic nitrogens is 2. The van der Waals surface area contributed by atoms with Crippen LogP contribution >= 0.6 is 0 Å². The van der Waals surface area contributed by atoms with Gasteiger partial charge in [0.1, 0.15) is 5.69 Å². The fourth-order valence-corrected chi connectivity index (χ4v) is 1.52. The first-order chi connectivity index (χ1) is 8.99. The van der Waals surface area contributed by atoms with Crippen LogP contribution in [-0.2, 0) is 0 Å². The predicted molar refractivity (Wildman–Crippen MR) is 66.9 cm³/mol. The van der Waals surface area contributed by atoms with Crippen molar-refractivity contribution in [3.8, 4) is 5.69 Å². The van der Waals surface area contributed by atoms with Gasteiger partial charge in [0.2, 0.25) is 5.91 Å². The Morgan fingerprint density at radius 3 is 2.42 bits per heavy atom. The van der Waals surface area contributed by atoms with E-state index in [-0.39, 0.29) is 11.3 Å². The van der Waals surface area contributed by atoms with Gasteiger partial charge in [-0.25, -0.2) is 0 Å². The van der Waals surface area contributed by atoms with Crippen LogP contribution in [0.4, 0.5) is 0 Å². The predicted octanol–water partition coefficient (Wildman–Crippen LogP) is -0.570. The normalized spacial score (nSPS) is 10.1. The number of hydrogen-bond acceptors (Lipinski definition) is 4. The average Bonchev–Trinajstić information content (AvgIpc) is 2.39. The number of hydrogen-bond donors (Lipinski definition) is 2. The molecule has 0 saturated heterocycles. The zero-order chi connectivity index (χ0) is 14.0. The number of nitrogens with two attached hydrogens (primary N) is 2. The molecule has 7 heteroatoms. The highest BCUT2D eigenvalue weighted by Crippen LogP contribution is 2.07. The Kier molecular flexibility index (Phi) is 3.11. The van der Waals surface area contributed by atoms with E-state index in [4.69, 9.17) is 11.5 Å². The van der Waals surface area contributed by atoms with Crippen LogP contribution in [-0.4, -0.2) is 21.6 Å². The summed E-state index contributed by atoms with van der Waals surface area (Å²) in [5, 5.41) is 3.82. The smallest absolute Gasteiger partial charge is 0.271 e. The largest absolute Gasteiger partial charge is 0.366 e. The van der Waals surface area contributed by atoms with Crippen LogP contribution in [0.3, 0.4) is 0 Å². The summed E-state index contributed by atoms with van der Waals surface area (Å²) in [5.74, 6) is -1.37. The van der Waals surface area contributed by atoms with Gasteiger partial charge in [0.25, 0.3) is 11.5 Å². The summed E-state index contributed by atoms with van der Waals surface area (Å²) >= 11 is 0. The molecule has 0 radical (unpaired) electrons. The van der Waals surface area contributed by atoms with E-state index in [1.54, 1.807) is 12.1 Å². The zero-order valence-corrected chi connectivity index (χ0v) is 9.74. The van der Waals surface area contributed by atoms with Crippen molar-refractivity contribution in [1.29, 1.82) is 0 Å². The third kappa shape index (κ3) is 2.49. The molecule has 0 saturated carbocycles. The first-order valence-corrected chi connectivity index (χ1v) is 5.29. The number of nitrogens with zero attached hydrogens (tertiary/aromatic N) is 2. The second kappa shape index (κ2) is 4.73. The first kappa shape index (κ1) is 12.5. The quantitative estimate of drug-likeness (QED) is 0.765. The van der Waals surface area contributed by atoms with Crippen molar-refractivity contribution < 1.29 is 9.59 Å². The molecule has 0 aliphatic heterocycles. The molecule has 19 heavy (non-hydrogen) atoms. The maximum Gasteiger partial charge on any atom is 0.271 e. The van der Waals surface area contributed by atoms with E-state index < -0.39 is 17.4 Å². The van der Waals surface area contributed by atoms with Crippen LogP contribution < -0.4 is 17.0 Å². The topological polar surface area (TPSA) is 121 Å². The number of carbonyl (C=O) groups is 2. The van der Waals surface area contributed by atoms with Crippen molar-refractivity contribution in [3.63, 3.8) is 0 Å². The summed E-state index contributed by atoms with van der Waals surface area (Å²) in [6, 6.07) is 8.44. The Morgan fingerprint density at radius 1 is 1.05 bits per heavy atom. The third-order valence-corrected chi connectivity index (χ3v) is 2.43. The summed E-state index contributed by atoms with van der Waals surface area (Å²) in [4.78, 5) is 33.8. The molecule has 0 unspecified atom stereocenters. The number of benzene rings is 1. The van der Waals surface area contributed by atoms with E-state index in [0.717, 1.165) is 4.68 Å². The van der Waals surface area contributed by atoms with Crippen LogP contribution in [0.2, 0.25) is 0 Å². The van der Waals surface area contributed by atoms with Crippen LogP contribution in [0.5, 0.6) is 0 Å². The Labute approximate surface area is 107 Å². The molecule has 2 aromatic rings. The minimum absolute atomic E-state index is 0.0518. The highest BCUT2D eigenvalue weighted by molar-refractivity contribution is 5.93. The molecule has 2 amide bonds. The third-order valence-electron chi connectivity index (χ3n) is 2.43. The minimum Gasteiger partial charge on any atom is -0.366 e. The van der Waals surface area contributed by atoms with Gasteiger partial charge in [0, 0.05) is 11.6 Å². The Balaban J connectivity index is 2.61. The average molecular weight is 258 g/mol. The minimum atomic E-state index is -0.750. The molecule has 0 atom stereocenters. The lowest BCUT2D eigenvalue weighted by atomic mass is 10.2. The Bertz CT molecular complexity index is 721. The van der Waals surface area contributed by atoms with Gasteiger partial charge in [0.15, 0.2) is 0 Å². The van der Waals surface area contributed by atoms with Crippen LogP contribution in [0, 0.1) is 0 Å². The molecular weight excluding hydrogens is 248 g/mol. The Morgan fingerprint density at radius 2 is 1.79 bits per heavy atom. The molecule has 2 rings (SSSR count). The standard InChI is InChI=1S/C12H10N4O3/c13-11(18)7-2-1-3-8(6-7)16-10(17)5-4-9(15-16)12(14)19/h1-6H,(H2,13,18)(H2,14,19). The summed E-state index contributed by atoms with van der Waals surface area (Å²) < 4.78 is 0.979. The fourth-order valence-electron chi connectivity index (χ4n) is 1.52. The lowest BCUT2D eigenvalue weighted by Gasteiger charge is -2.06. The van der Waals surface area contributed by atoms with Crippen molar-refractivity contribution in [3.05, 3.63) is 58.0 Å². The van der Waals surface area contributed by atoms with E-state index in [2.05, 4.69) is 5.10 Å². The Hall–Kier alpha value is -2.96. The highest BCUT2D eigenvalue weighted by Gasteiger charge is 2.08. The molecule has 0 aliphatic rings. The van der Waals surface area contributed by atoms with E-state index in [1.165, 1.54) is 24.3 Å². The van der Waals surface area contributed by atoms with Gasteiger partial charge in [-0.05, 0) is 24.3 Å². The molecule has 0 bridgehead atoms. The van der Waals surface area contributed by atoms with Crippen molar-refractivity contribution in [2.45, 2.75) is 0 Å². The SMILES string of the molecule is NC(=O)c1cccc(-n2nc(C(N)=O)ccc2=O)c1. The summed E-state index contributed by atoms with van der Waals surface area (Å²) in [6.45, 7) is 0. The lowest BCUT2D eigenvalue weighted by molar-refractivity contribution is 0.0987. The molecule has 0 fully saturated rings. The maximum absolute atomic E-state index is 11.7. The number of carbonyl (C=O) groups excluding carboxylic acids is 2. The van der Waals surface area contributed by atoms with Crippen molar-refractivity contribution in [2.24, 2.45) is 11.5 Å². The molecule has 0 spiro atoms. The number of rotatable bonds is 3. The molecular formula is C12H10N4O3. The molecule has 96 valence electrons. The van der Waals surface area contributed by atoms with Crippen LogP contribution in [0.1, 0.15) is 20.8 Å². The molecule has 1 heterocycles. The van der Waals surface area contributed by atoms with Gasteiger partial charge < -0.3 is 11.5 Å². The van der Waals surface area contributed by atoms with Crippen molar-refractivity contribution >= 4 is 11.8 Å². The highest BCUT2D eigenvalue weighted by atomic mass is 16.2. The second-order valence-electron chi connectivity index (χ2n) is 3.75. The summed E-state index contributed by atoms with van der Waals surface area (Å²) in [5.41, 5.74) is 10.3. The van der Waals surface area contributed by atoms with Gasteiger partial charge in [0.05, 0.1) is 5.69 Å². The van der Waals surface area contributed by atoms with Gasteiger partial charge in [-0.2, -0.15) is 9.78 Å². The summed E-state index contributed by atoms with van der Waals surface area (Å²) in [7, 11) is 0. The van der Waals surface area contributed by atoms with E-state index in [9.17, 15) is 14.4 Å². The molecule has 7 nitrogen and oxygen atoms in total. The van der Waals surface area contributed by atoms with E-state index in [1.807, 2.05) is 0 Å². The summed E-state index contributed by atoms with van der Waals surface area (Å²) in [6.07, 6.45) is 0. The molecule has 1 aromatic carbocycles. The number of primary amides is 2.